The van der Waals surface area contributed by atoms with Crippen LogP contribution in [0.1, 0.15) is 44.1 Å². The van der Waals surface area contributed by atoms with Crippen molar-refractivity contribution in [3.8, 4) is 0 Å². The molecule has 1 aromatic heterocycles. The first-order chi connectivity index (χ1) is 12.5. The number of alkyl halides is 1. The second kappa shape index (κ2) is 6.89. The van der Waals surface area contributed by atoms with Gasteiger partial charge in [-0.05, 0) is 57.2 Å². The molecule has 5 nitrogen and oxygen atoms in total. The zero-order valence-electron chi connectivity index (χ0n) is 15.5. The maximum absolute atomic E-state index is 14.4. The van der Waals surface area contributed by atoms with Crippen LogP contribution in [-0.4, -0.2) is 64.7 Å². The minimum absolute atomic E-state index is 0.145. The number of nitrogens with zero attached hydrogens (tertiary/aromatic N) is 3. The number of piperidine rings is 1. The molecule has 1 amide bonds. The van der Waals surface area contributed by atoms with Crippen LogP contribution in [0.15, 0.2) is 24.5 Å². The lowest BCUT2D eigenvalue weighted by Gasteiger charge is -2.43. The number of amides is 1. The third-order valence-electron chi connectivity index (χ3n) is 6.46. The van der Waals surface area contributed by atoms with Gasteiger partial charge in [0.1, 0.15) is 0 Å². The largest absolute Gasteiger partial charge is 0.373 e. The van der Waals surface area contributed by atoms with Crippen molar-refractivity contribution >= 4 is 5.91 Å². The summed E-state index contributed by atoms with van der Waals surface area (Å²) in [7, 11) is 2.13. The van der Waals surface area contributed by atoms with Crippen molar-refractivity contribution in [2.45, 2.75) is 62.4 Å². The molecule has 4 rings (SSSR count). The average Bonchev–Trinajstić information content (AvgIpc) is 3.04. The first-order valence-electron chi connectivity index (χ1n) is 9.71. The van der Waals surface area contributed by atoms with Gasteiger partial charge in [-0.15, -0.1) is 0 Å². The number of hydrogen-bond donors (Lipinski definition) is 0. The summed E-state index contributed by atoms with van der Waals surface area (Å²) >= 11 is 0. The summed E-state index contributed by atoms with van der Waals surface area (Å²) in [5.41, 5.74) is -0.522. The zero-order chi connectivity index (χ0) is 18.2. The Hall–Kier alpha value is -1.53. The zero-order valence-corrected chi connectivity index (χ0v) is 15.5. The van der Waals surface area contributed by atoms with Gasteiger partial charge in [0.25, 0.3) is 5.91 Å². The monoisotopic (exact) mass is 361 g/mol. The molecular weight excluding hydrogens is 333 g/mol. The van der Waals surface area contributed by atoms with Gasteiger partial charge in [-0.25, -0.2) is 4.39 Å². The molecule has 1 saturated carbocycles. The second-order valence-corrected chi connectivity index (χ2v) is 8.24. The van der Waals surface area contributed by atoms with E-state index < -0.39 is 5.67 Å². The Morgan fingerprint density at radius 2 is 2.15 bits per heavy atom. The van der Waals surface area contributed by atoms with Gasteiger partial charge in [0.2, 0.25) is 0 Å². The lowest BCUT2D eigenvalue weighted by molar-refractivity contribution is -0.154. The highest BCUT2D eigenvalue weighted by Crippen LogP contribution is 2.41. The predicted molar refractivity (Wildman–Crippen MR) is 96.3 cm³/mol. The third-order valence-corrected chi connectivity index (χ3v) is 6.46. The number of carbonyl (C=O) groups is 1. The van der Waals surface area contributed by atoms with Crippen LogP contribution in [0.2, 0.25) is 0 Å². The normalized spacial score (nSPS) is 26.9. The molecule has 0 radical (unpaired) electrons. The van der Waals surface area contributed by atoms with E-state index in [4.69, 9.17) is 4.74 Å². The SMILES string of the molecule is CN(Cc1cccnc1)C1COC2(CCN(C(=O)C3(F)CCC3)CC2)C1. The average molecular weight is 361 g/mol. The van der Waals surface area contributed by atoms with Crippen molar-refractivity contribution in [3.05, 3.63) is 30.1 Å². The molecule has 0 aromatic carbocycles. The van der Waals surface area contributed by atoms with Crippen LogP contribution in [0, 0.1) is 0 Å². The summed E-state index contributed by atoms with van der Waals surface area (Å²) < 4.78 is 20.6. The van der Waals surface area contributed by atoms with E-state index in [0.717, 1.165) is 38.8 Å². The Labute approximate surface area is 154 Å². The molecule has 0 bridgehead atoms. The fourth-order valence-corrected chi connectivity index (χ4v) is 4.46. The fraction of sp³-hybridized carbons (Fsp3) is 0.700. The van der Waals surface area contributed by atoms with Gasteiger partial charge < -0.3 is 9.64 Å². The van der Waals surface area contributed by atoms with E-state index in [1.165, 1.54) is 5.56 Å². The third kappa shape index (κ3) is 3.37. The molecule has 3 aliphatic rings. The standard InChI is InChI=1S/C20H28FN3O2/c1-23(14-16-4-2-9-22-13-16)17-12-19(26-15-17)7-10-24(11-8-19)18(25)20(21)5-3-6-20/h2,4,9,13,17H,3,5-8,10-12,14-15H2,1H3. The number of hydrogen-bond acceptors (Lipinski definition) is 4. The molecule has 26 heavy (non-hydrogen) atoms. The number of rotatable bonds is 4. The van der Waals surface area contributed by atoms with Crippen LogP contribution in [0.5, 0.6) is 0 Å². The van der Waals surface area contributed by atoms with Crippen LogP contribution >= 0.6 is 0 Å². The molecule has 6 heteroatoms. The summed E-state index contributed by atoms with van der Waals surface area (Å²) in [5.74, 6) is -0.290. The number of aromatic nitrogens is 1. The summed E-state index contributed by atoms with van der Waals surface area (Å²) in [6, 6.07) is 4.42. The smallest absolute Gasteiger partial charge is 0.260 e. The molecule has 3 fully saturated rings. The first-order valence-corrected chi connectivity index (χ1v) is 9.71. The van der Waals surface area contributed by atoms with E-state index in [1.54, 1.807) is 11.1 Å². The molecule has 1 aliphatic carbocycles. The predicted octanol–water partition coefficient (Wildman–Crippen LogP) is 2.56. The minimum Gasteiger partial charge on any atom is -0.373 e. The lowest BCUT2D eigenvalue weighted by atomic mass is 9.79. The van der Waals surface area contributed by atoms with Gasteiger partial charge in [-0.2, -0.15) is 0 Å². The Morgan fingerprint density at radius 1 is 1.38 bits per heavy atom. The number of ether oxygens (including phenoxy) is 1. The van der Waals surface area contributed by atoms with Crippen LogP contribution in [0.25, 0.3) is 0 Å². The Bertz CT molecular complexity index is 642. The van der Waals surface area contributed by atoms with Crippen molar-refractivity contribution in [1.82, 2.24) is 14.8 Å². The quantitative estimate of drug-likeness (QED) is 0.827. The van der Waals surface area contributed by atoms with E-state index in [-0.39, 0.29) is 11.5 Å². The molecule has 142 valence electrons. The van der Waals surface area contributed by atoms with Crippen LogP contribution < -0.4 is 0 Å². The lowest BCUT2D eigenvalue weighted by Crippen LogP contribution is -2.55. The Morgan fingerprint density at radius 3 is 2.77 bits per heavy atom. The second-order valence-electron chi connectivity index (χ2n) is 8.24. The van der Waals surface area contributed by atoms with E-state index in [2.05, 4.69) is 23.0 Å². The highest BCUT2D eigenvalue weighted by atomic mass is 19.1. The molecular formula is C20H28FN3O2. The fourth-order valence-electron chi connectivity index (χ4n) is 4.46. The number of carbonyl (C=O) groups excluding carboxylic acids is 1. The highest BCUT2D eigenvalue weighted by Gasteiger charge is 2.50. The summed E-state index contributed by atoms with van der Waals surface area (Å²) in [5, 5.41) is 0. The van der Waals surface area contributed by atoms with E-state index >= 15 is 0 Å². The van der Waals surface area contributed by atoms with Crippen LogP contribution in [-0.2, 0) is 16.1 Å². The molecule has 1 unspecified atom stereocenters. The van der Waals surface area contributed by atoms with Crippen molar-refractivity contribution in [2.24, 2.45) is 0 Å². The van der Waals surface area contributed by atoms with Crippen molar-refractivity contribution in [2.75, 3.05) is 26.7 Å². The Kier molecular flexibility index (Phi) is 4.73. The number of likely N-dealkylation sites (tertiary alicyclic amines) is 1. The van der Waals surface area contributed by atoms with Crippen molar-refractivity contribution in [3.63, 3.8) is 0 Å². The van der Waals surface area contributed by atoms with Crippen LogP contribution in [0.4, 0.5) is 4.39 Å². The molecule has 2 saturated heterocycles. The summed E-state index contributed by atoms with van der Waals surface area (Å²) in [6.07, 6.45) is 7.91. The molecule has 2 aliphatic heterocycles. The number of pyridine rings is 1. The van der Waals surface area contributed by atoms with Crippen LogP contribution in [0.3, 0.4) is 0 Å². The van der Waals surface area contributed by atoms with Gasteiger partial charge in [0, 0.05) is 38.1 Å². The molecule has 3 heterocycles. The molecule has 1 atom stereocenters. The van der Waals surface area contributed by atoms with E-state index in [1.807, 2.05) is 12.3 Å². The topological polar surface area (TPSA) is 45.7 Å². The summed E-state index contributed by atoms with van der Waals surface area (Å²) in [6.45, 7) is 2.80. The van der Waals surface area contributed by atoms with E-state index in [0.29, 0.717) is 32.0 Å². The first kappa shape index (κ1) is 17.9. The molecule has 1 spiro atoms. The number of likely N-dealkylation sites (N-methyl/N-ethyl adjacent to an activating group) is 1. The molecule has 1 aromatic rings. The van der Waals surface area contributed by atoms with Gasteiger partial charge in [-0.3, -0.25) is 14.7 Å². The van der Waals surface area contributed by atoms with E-state index in [9.17, 15) is 9.18 Å². The maximum Gasteiger partial charge on any atom is 0.260 e. The molecule has 0 N–H and O–H groups in total. The van der Waals surface area contributed by atoms with Gasteiger partial charge in [0.15, 0.2) is 5.67 Å². The van der Waals surface area contributed by atoms with Gasteiger partial charge in [0.05, 0.1) is 12.2 Å². The van der Waals surface area contributed by atoms with Crippen molar-refractivity contribution < 1.29 is 13.9 Å². The maximum atomic E-state index is 14.4. The van der Waals surface area contributed by atoms with Gasteiger partial charge >= 0.3 is 0 Å². The highest BCUT2D eigenvalue weighted by molar-refractivity contribution is 5.86. The summed E-state index contributed by atoms with van der Waals surface area (Å²) in [4.78, 5) is 20.6. The van der Waals surface area contributed by atoms with Gasteiger partial charge in [-0.1, -0.05) is 6.07 Å². The Balaban J connectivity index is 1.30. The number of halogens is 1. The minimum atomic E-state index is -1.58. The van der Waals surface area contributed by atoms with Crippen molar-refractivity contribution in [1.29, 1.82) is 0 Å².